The molecule has 2 aromatic rings. The quantitative estimate of drug-likeness (QED) is 0.713. The number of benzene rings is 2. The van der Waals surface area contributed by atoms with Gasteiger partial charge in [-0.2, -0.15) is 0 Å². The standard InChI is InChI=1S/C23H30N2O2/c1-17(2)22(25-21(26)16-20-12-8-5-9-13-20)23(27)24-18(3)14-15-19-10-6-4-7-11-19/h4-13,17-18,22H,14-16H2,1-3H3,(H,24,27)(H,25,26)/t18?,22-/m0/s1. The SMILES string of the molecule is CC(CCc1ccccc1)NC(=O)[C@@H](NC(=O)Cc1ccccc1)C(C)C. The minimum Gasteiger partial charge on any atom is -0.352 e. The summed E-state index contributed by atoms with van der Waals surface area (Å²) < 4.78 is 0. The van der Waals surface area contributed by atoms with Crippen molar-refractivity contribution >= 4 is 11.8 Å². The van der Waals surface area contributed by atoms with Crippen LogP contribution in [0.3, 0.4) is 0 Å². The first-order valence-electron chi connectivity index (χ1n) is 9.63. The topological polar surface area (TPSA) is 58.2 Å². The van der Waals surface area contributed by atoms with Crippen LogP contribution in [0.5, 0.6) is 0 Å². The number of carbonyl (C=O) groups is 2. The fraction of sp³-hybridized carbons (Fsp3) is 0.391. The Hall–Kier alpha value is -2.62. The lowest BCUT2D eigenvalue weighted by atomic mass is 10.0. The van der Waals surface area contributed by atoms with E-state index in [9.17, 15) is 9.59 Å². The Kier molecular flexibility index (Phi) is 8.05. The Morgan fingerprint density at radius 1 is 0.815 bits per heavy atom. The number of carbonyl (C=O) groups excluding carboxylic acids is 2. The van der Waals surface area contributed by atoms with Crippen molar-refractivity contribution in [2.45, 2.75) is 52.1 Å². The van der Waals surface area contributed by atoms with E-state index in [0.717, 1.165) is 18.4 Å². The van der Waals surface area contributed by atoms with Gasteiger partial charge in [-0.15, -0.1) is 0 Å². The van der Waals surface area contributed by atoms with Gasteiger partial charge in [0, 0.05) is 6.04 Å². The van der Waals surface area contributed by atoms with Crippen LogP contribution in [-0.2, 0) is 22.4 Å². The Bertz CT molecular complexity index is 714. The van der Waals surface area contributed by atoms with Crippen molar-refractivity contribution < 1.29 is 9.59 Å². The lowest BCUT2D eigenvalue weighted by Crippen LogP contribution is -2.52. The zero-order chi connectivity index (χ0) is 19.6. The largest absolute Gasteiger partial charge is 0.352 e. The fourth-order valence-electron chi connectivity index (χ4n) is 2.97. The molecule has 27 heavy (non-hydrogen) atoms. The van der Waals surface area contributed by atoms with E-state index in [0.29, 0.717) is 0 Å². The summed E-state index contributed by atoms with van der Waals surface area (Å²) in [4.78, 5) is 25.0. The van der Waals surface area contributed by atoms with E-state index in [1.807, 2.05) is 69.3 Å². The van der Waals surface area contributed by atoms with Gasteiger partial charge in [-0.05, 0) is 36.8 Å². The van der Waals surface area contributed by atoms with Crippen LogP contribution in [0.25, 0.3) is 0 Å². The maximum absolute atomic E-state index is 12.7. The van der Waals surface area contributed by atoms with Crippen molar-refractivity contribution in [2.24, 2.45) is 5.92 Å². The Labute approximate surface area is 162 Å². The predicted molar refractivity (Wildman–Crippen MR) is 109 cm³/mol. The minimum absolute atomic E-state index is 0.0195. The van der Waals surface area contributed by atoms with Gasteiger partial charge in [0.2, 0.25) is 11.8 Å². The lowest BCUT2D eigenvalue weighted by Gasteiger charge is -2.24. The molecule has 4 heteroatoms. The van der Waals surface area contributed by atoms with Crippen LogP contribution in [0, 0.1) is 5.92 Å². The molecule has 0 saturated carbocycles. The fourth-order valence-corrected chi connectivity index (χ4v) is 2.97. The van der Waals surface area contributed by atoms with Gasteiger partial charge in [-0.3, -0.25) is 9.59 Å². The van der Waals surface area contributed by atoms with E-state index in [4.69, 9.17) is 0 Å². The van der Waals surface area contributed by atoms with Crippen LogP contribution in [0.2, 0.25) is 0 Å². The maximum atomic E-state index is 12.7. The average Bonchev–Trinajstić information content (AvgIpc) is 2.66. The first-order valence-corrected chi connectivity index (χ1v) is 9.63. The Morgan fingerprint density at radius 2 is 1.37 bits per heavy atom. The van der Waals surface area contributed by atoms with Gasteiger partial charge in [0.15, 0.2) is 0 Å². The van der Waals surface area contributed by atoms with Crippen molar-refractivity contribution in [3.63, 3.8) is 0 Å². The van der Waals surface area contributed by atoms with E-state index >= 15 is 0 Å². The van der Waals surface area contributed by atoms with Crippen LogP contribution < -0.4 is 10.6 Å². The Balaban J connectivity index is 1.85. The second kappa shape index (κ2) is 10.5. The monoisotopic (exact) mass is 366 g/mol. The van der Waals surface area contributed by atoms with E-state index in [1.54, 1.807) is 0 Å². The molecule has 0 fully saturated rings. The van der Waals surface area contributed by atoms with Gasteiger partial charge in [0.05, 0.1) is 6.42 Å². The summed E-state index contributed by atoms with van der Waals surface area (Å²) in [5.41, 5.74) is 2.20. The molecule has 0 saturated heterocycles. The van der Waals surface area contributed by atoms with Crippen LogP contribution >= 0.6 is 0 Å². The summed E-state index contributed by atoms with van der Waals surface area (Å²) in [5.74, 6) is -0.231. The average molecular weight is 367 g/mol. The number of hydrogen-bond donors (Lipinski definition) is 2. The molecule has 4 nitrogen and oxygen atoms in total. The molecule has 0 bridgehead atoms. The molecule has 0 heterocycles. The van der Waals surface area contributed by atoms with Gasteiger partial charge in [0.1, 0.15) is 6.04 Å². The number of rotatable bonds is 9. The molecular weight excluding hydrogens is 336 g/mol. The maximum Gasteiger partial charge on any atom is 0.243 e. The molecule has 0 aliphatic carbocycles. The third-order valence-corrected chi connectivity index (χ3v) is 4.57. The summed E-state index contributed by atoms with van der Waals surface area (Å²) in [6, 6.07) is 19.3. The second-order valence-electron chi connectivity index (χ2n) is 7.39. The van der Waals surface area contributed by atoms with Crippen molar-refractivity contribution in [3.05, 3.63) is 71.8 Å². The van der Waals surface area contributed by atoms with Crippen LogP contribution in [-0.4, -0.2) is 23.9 Å². The molecule has 0 radical (unpaired) electrons. The molecule has 1 unspecified atom stereocenters. The van der Waals surface area contributed by atoms with Gasteiger partial charge in [0.25, 0.3) is 0 Å². The zero-order valence-corrected chi connectivity index (χ0v) is 16.4. The van der Waals surface area contributed by atoms with Gasteiger partial charge in [-0.25, -0.2) is 0 Å². The summed E-state index contributed by atoms with van der Waals surface area (Å²) >= 11 is 0. The summed E-state index contributed by atoms with van der Waals surface area (Å²) in [6.07, 6.45) is 2.05. The van der Waals surface area contributed by atoms with Gasteiger partial charge in [-0.1, -0.05) is 74.5 Å². The summed E-state index contributed by atoms with van der Waals surface area (Å²) in [6.45, 7) is 5.90. The third kappa shape index (κ3) is 7.26. The number of nitrogens with one attached hydrogen (secondary N) is 2. The molecule has 2 aromatic carbocycles. The molecule has 0 aromatic heterocycles. The van der Waals surface area contributed by atoms with E-state index in [1.165, 1.54) is 5.56 Å². The first-order chi connectivity index (χ1) is 13.0. The first kappa shape index (κ1) is 20.7. The number of amides is 2. The van der Waals surface area contributed by atoms with Crippen LogP contribution in [0.15, 0.2) is 60.7 Å². The highest BCUT2D eigenvalue weighted by Crippen LogP contribution is 2.08. The molecule has 0 aliphatic heterocycles. The normalized spacial score (nSPS) is 13.0. The molecule has 144 valence electrons. The van der Waals surface area contributed by atoms with E-state index < -0.39 is 6.04 Å². The minimum atomic E-state index is -0.527. The van der Waals surface area contributed by atoms with Crippen LogP contribution in [0.4, 0.5) is 0 Å². The van der Waals surface area contributed by atoms with Gasteiger partial charge >= 0.3 is 0 Å². The summed E-state index contributed by atoms with van der Waals surface area (Å²) in [5, 5.41) is 5.94. The smallest absolute Gasteiger partial charge is 0.243 e. The zero-order valence-electron chi connectivity index (χ0n) is 16.4. The third-order valence-electron chi connectivity index (χ3n) is 4.57. The van der Waals surface area contributed by atoms with Gasteiger partial charge < -0.3 is 10.6 Å². The molecule has 2 atom stereocenters. The predicted octanol–water partition coefficient (Wildman–Crippen LogP) is 3.51. The lowest BCUT2D eigenvalue weighted by molar-refractivity contribution is -0.130. The highest BCUT2D eigenvalue weighted by Gasteiger charge is 2.25. The van der Waals surface area contributed by atoms with Crippen LogP contribution in [0.1, 0.15) is 38.3 Å². The highest BCUT2D eigenvalue weighted by atomic mass is 16.2. The molecule has 0 spiro atoms. The molecule has 2 N–H and O–H groups in total. The molecule has 2 rings (SSSR count). The number of aryl methyl sites for hydroxylation is 1. The van der Waals surface area contributed by atoms with Crippen molar-refractivity contribution in [3.8, 4) is 0 Å². The Morgan fingerprint density at radius 3 is 1.93 bits per heavy atom. The molecule has 0 aliphatic rings. The summed E-state index contributed by atoms with van der Waals surface area (Å²) in [7, 11) is 0. The number of hydrogen-bond acceptors (Lipinski definition) is 2. The second-order valence-corrected chi connectivity index (χ2v) is 7.39. The highest BCUT2D eigenvalue weighted by molar-refractivity contribution is 5.88. The molecule has 2 amide bonds. The van der Waals surface area contributed by atoms with E-state index in [-0.39, 0.29) is 30.2 Å². The van der Waals surface area contributed by atoms with Crippen molar-refractivity contribution in [2.75, 3.05) is 0 Å². The van der Waals surface area contributed by atoms with Crippen molar-refractivity contribution in [1.29, 1.82) is 0 Å². The van der Waals surface area contributed by atoms with Crippen molar-refractivity contribution in [1.82, 2.24) is 10.6 Å². The molecular formula is C23H30N2O2. The van der Waals surface area contributed by atoms with E-state index in [2.05, 4.69) is 22.8 Å².